The van der Waals surface area contributed by atoms with Gasteiger partial charge < -0.3 is 5.41 Å². The van der Waals surface area contributed by atoms with E-state index in [9.17, 15) is 0 Å². The van der Waals surface area contributed by atoms with E-state index in [1.54, 1.807) is 0 Å². The Morgan fingerprint density at radius 1 is 1.47 bits per heavy atom. The minimum Gasteiger partial charge on any atom is -0.313 e. The molecule has 1 heterocycles. The summed E-state index contributed by atoms with van der Waals surface area (Å²) in [4.78, 5) is 0. The molecule has 2 aromatic rings. The lowest BCUT2D eigenvalue weighted by molar-refractivity contribution is 0.494. The van der Waals surface area contributed by atoms with Gasteiger partial charge in [-0.2, -0.15) is 5.10 Å². The predicted octanol–water partition coefficient (Wildman–Crippen LogP) is 3.54. The monoisotopic (exact) mass is 249 g/mol. The normalized spacial score (nSPS) is 11.3. The van der Waals surface area contributed by atoms with Crippen LogP contribution in [0.25, 0.3) is 10.9 Å². The molecule has 0 aliphatic rings. The number of aromatic nitrogens is 2. The summed E-state index contributed by atoms with van der Waals surface area (Å²) < 4.78 is 2.01. The van der Waals surface area contributed by atoms with Crippen molar-refractivity contribution in [2.24, 2.45) is 5.92 Å². The maximum atomic E-state index is 7.25. The number of benzene rings is 1. The van der Waals surface area contributed by atoms with Crippen LogP contribution in [-0.2, 0) is 13.0 Å². The Morgan fingerprint density at radius 3 is 2.88 bits per heavy atom. The molecule has 2 rings (SSSR count). The van der Waals surface area contributed by atoms with Crippen LogP contribution in [0.15, 0.2) is 18.3 Å². The number of hydrogen-bond donors (Lipinski definition) is 1. The predicted molar refractivity (Wildman–Crippen MR) is 72.1 cm³/mol. The van der Waals surface area contributed by atoms with E-state index in [1.807, 2.05) is 23.0 Å². The number of halogens is 1. The second-order valence-corrected chi connectivity index (χ2v) is 5.07. The third kappa shape index (κ3) is 2.50. The van der Waals surface area contributed by atoms with Crippen LogP contribution < -0.4 is 0 Å². The third-order valence-electron chi connectivity index (χ3n) is 2.64. The topological polar surface area (TPSA) is 41.7 Å². The summed E-state index contributed by atoms with van der Waals surface area (Å²) in [5.41, 5.74) is 2.17. The molecule has 0 amide bonds. The highest BCUT2D eigenvalue weighted by Crippen LogP contribution is 2.24. The molecular weight excluding hydrogens is 234 g/mol. The molecule has 4 heteroatoms. The van der Waals surface area contributed by atoms with E-state index in [4.69, 9.17) is 17.0 Å². The first-order valence-corrected chi connectivity index (χ1v) is 6.12. The van der Waals surface area contributed by atoms with E-state index in [0.717, 1.165) is 23.0 Å². The maximum Gasteiger partial charge on any atom is 0.0719 e. The van der Waals surface area contributed by atoms with Gasteiger partial charge in [0.05, 0.1) is 11.7 Å². The first kappa shape index (κ1) is 12.1. The van der Waals surface area contributed by atoms with E-state index >= 15 is 0 Å². The fourth-order valence-corrected chi connectivity index (χ4v) is 2.28. The smallest absolute Gasteiger partial charge is 0.0719 e. The molecule has 0 aliphatic carbocycles. The van der Waals surface area contributed by atoms with E-state index in [1.165, 1.54) is 6.21 Å². The van der Waals surface area contributed by atoms with Crippen LogP contribution in [0.1, 0.15) is 19.4 Å². The molecule has 1 aromatic carbocycles. The Balaban J connectivity index is 2.59. The Hall–Kier alpha value is -1.35. The van der Waals surface area contributed by atoms with Crippen LogP contribution in [0.5, 0.6) is 0 Å². The first-order chi connectivity index (χ1) is 8.11. The average Bonchev–Trinajstić information content (AvgIpc) is 2.60. The van der Waals surface area contributed by atoms with Crippen LogP contribution in [0.4, 0.5) is 0 Å². The van der Waals surface area contributed by atoms with Gasteiger partial charge in [-0.05, 0) is 29.8 Å². The second-order valence-electron chi connectivity index (χ2n) is 4.63. The Labute approximate surface area is 106 Å². The van der Waals surface area contributed by atoms with Gasteiger partial charge in [-0.3, -0.25) is 4.68 Å². The Morgan fingerprint density at radius 2 is 2.24 bits per heavy atom. The molecule has 90 valence electrons. The van der Waals surface area contributed by atoms with E-state index < -0.39 is 0 Å². The summed E-state index contributed by atoms with van der Waals surface area (Å²) in [6.07, 6.45) is 3.84. The largest absolute Gasteiger partial charge is 0.313 e. The highest BCUT2D eigenvalue weighted by atomic mass is 35.5. The van der Waals surface area contributed by atoms with Crippen molar-refractivity contribution >= 4 is 28.7 Å². The van der Waals surface area contributed by atoms with Crippen LogP contribution in [0.2, 0.25) is 5.02 Å². The van der Waals surface area contributed by atoms with Crippen molar-refractivity contribution in [3.8, 4) is 0 Å². The zero-order chi connectivity index (χ0) is 12.4. The van der Waals surface area contributed by atoms with Crippen LogP contribution in [0, 0.1) is 11.3 Å². The van der Waals surface area contributed by atoms with Crippen molar-refractivity contribution in [2.75, 3.05) is 0 Å². The molecule has 0 saturated carbocycles. The Kier molecular flexibility index (Phi) is 3.48. The minimum absolute atomic E-state index is 0.543. The van der Waals surface area contributed by atoms with Gasteiger partial charge in [0.2, 0.25) is 0 Å². The van der Waals surface area contributed by atoms with Gasteiger partial charge in [0.25, 0.3) is 0 Å². The molecule has 17 heavy (non-hydrogen) atoms. The van der Waals surface area contributed by atoms with E-state index in [2.05, 4.69) is 18.9 Å². The van der Waals surface area contributed by atoms with Crippen molar-refractivity contribution in [3.63, 3.8) is 0 Å². The molecule has 0 aliphatic heterocycles. The fourth-order valence-electron chi connectivity index (χ4n) is 2.03. The van der Waals surface area contributed by atoms with Gasteiger partial charge in [0.1, 0.15) is 0 Å². The zero-order valence-corrected chi connectivity index (χ0v) is 10.8. The number of nitrogens with zero attached hydrogens (tertiary/aromatic N) is 2. The number of nitrogens with one attached hydrogen (secondary N) is 1. The molecule has 0 fully saturated rings. The highest BCUT2D eigenvalue weighted by molar-refractivity contribution is 6.31. The SMILES string of the molecule is CC(C)Cn1ncc2cc(Cl)cc(CC=N)c21. The summed E-state index contributed by atoms with van der Waals surface area (Å²) in [5.74, 6) is 0.543. The zero-order valence-electron chi connectivity index (χ0n) is 10.1. The maximum absolute atomic E-state index is 7.25. The van der Waals surface area contributed by atoms with Crippen LogP contribution >= 0.6 is 11.6 Å². The quantitative estimate of drug-likeness (QED) is 0.828. The van der Waals surface area contributed by atoms with Crippen molar-refractivity contribution in [1.82, 2.24) is 9.78 Å². The minimum atomic E-state index is 0.543. The molecular formula is C13H16ClN3. The van der Waals surface area contributed by atoms with Gasteiger partial charge in [-0.1, -0.05) is 25.4 Å². The van der Waals surface area contributed by atoms with E-state index in [-0.39, 0.29) is 0 Å². The molecule has 0 radical (unpaired) electrons. The lowest BCUT2D eigenvalue weighted by atomic mass is 10.1. The fraction of sp³-hybridized carbons (Fsp3) is 0.385. The van der Waals surface area contributed by atoms with Crippen molar-refractivity contribution < 1.29 is 0 Å². The van der Waals surface area contributed by atoms with Crippen molar-refractivity contribution in [1.29, 1.82) is 5.41 Å². The first-order valence-electron chi connectivity index (χ1n) is 5.74. The third-order valence-corrected chi connectivity index (χ3v) is 2.86. The summed E-state index contributed by atoms with van der Waals surface area (Å²) in [5, 5.41) is 13.4. The summed E-state index contributed by atoms with van der Waals surface area (Å²) in [7, 11) is 0. The van der Waals surface area contributed by atoms with E-state index in [0.29, 0.717) is 17.4 Å². The summed E-state index contributed by atoms with van der Waals surface area (Å²) in [6, 6.07) is 3.85. The van der Waals surface area contributed by atoms with Crippen LogP contribution in [0.3, 0.4) is 0 Å². The molecule has 0 atom stereocenters. The molecule has 1 aromatic heterocycles. The number of hydrogen-bond acceptors (Lipinski definition) is 2. The van der Waals surface area contributed by atoms with Crippen molar-refractivity contribution in [2.45, 2.75) is 26.8 Å². The molecule has 0 bridgehead atoms. The van der Waals surface area contributed by atoms with Gasteiger partial charge in [0.15, 0.2) is 0 Å². The molecule has 0 spiro atoms. The van der Waals surface area contributed by atoms with Crippen molar-refractivity contribution in [3.05, 3.63) is 28.9 Å². The second kappa shape index (κ2) is 4.88. The van der Waals surface area contributed by atoms with Gasteiger partial charge in [-0.15, -0.1) is 0 Å². The molecule has 0 saturated heterocycles. The standard InChI is InChI=1S/C13H16ClN3/c1-9(2)8-17-13-10(3-4-15)5-12(14)6-11(13)7-16-17/h4-7,9,15H,3,8H2,1-2H3. The van der Waals surface area contributed by atoms with Gasteiger partial charge in [0, 0.05) is 23.4 Å². The van der Waals surface area contributed by atoms with Gasteiger partial charge in [-0.25, -0.2) is 0 Å². The van der Waals surface area contributed by atoms with Gasteiger partial charge >= 0.3 is 0 Å². The highest BCUT2D eigenvalue weighted by Gasteiger charge is 2.10. The molecule has 1 N–H and O–H groups in total. The lowest BCUT2D eigenvalue weighted by Gasteiger charge is -2.09. The summed E-state index contributed by atoms with van der Waals surface area (Å²) >= 11 is 6.06. The molecule has 3 nitrogen and oxygen atoms in total. The summed E-state index contributed by atoms with van der Waals surface area (Å²) in [6.45, 7) is 5.22. The average molecular weight is 250 g/mol. The lowest BCUT2D eigenvalue weighted by Crippen LogP contribution is -2.07. The number of fused-ring (bicyclic) bond motifs is 1. The Bertz CT molecular complexity index is 543. The molecule has 0 unspecified atom stereocenters. The van der Waals surface area contributed by atoms with Crippen LogP contribution in [-0.4, -0.2) is 16.0 Å². The number of rotatable bonds is 4.